The first-order chi connectivity index (χ1) is 15.3. The Morgan fingerprint density at radius 2 is 1.53 bits per heavy atom. The van der Waals surface area contributed by atoms with Crippen LogP contribution in [0, 0.1) is 24.7 Å². The summed E-state index contributed by atoms with van der Waals surface area (Å²) in [6, 6.07) is 13.5. The van der Waals surface area contributed by atoms with E-state index in [1.807, 2.05) is 18.2 Å². The molecule has 0 aromatic heterocycles. The summed E-state index contributed by atoms with van der Waals surface area (Å²) in [4.78, 5) is 0. The van der Waals surface area contributed by atoms with Crippen LogP contribution >= 0.6 is 0 Å². The molecule has 0 unspecified atom stereocenters. The predicted molar refractivity (Wildman–Crippen MR) is 143 cm³/mol. The molecule has 0 atom stereocenters. The summed E-state index contributed by atoms with van der Waals surface area (Å²) in [5.41, 5.74) is 5.72. The molecule has 0 radical (unpaired) electrons. The van der Waals surface area contributed by atoms with Gasteiger partial charge in [0, 0.05) is 11.1 Å². The molecule has 1 aliphatic rings. The van der Waals surface area contributed by atoms with Crippen LogP contribution in [0.2, 0.25) is 0 Å². The van der Waals surface area contributed by atoms with Crippen molar-refractivity contribution in [2.45, 2.75) is 79.6 Å². The van der Waals surface area contributed by atoms with Crippen LogP contribution in [0.3, 0.4) is 0 Å². The first-order valence-electron chi connectivity index (χ1n) is 11.9. The van der Waals surface area contributed by atoms with Gasteiger partial charge >= 0.3 is 0 Å². The number of phenolic OH excluding ortho intramolecular Hbond substituents is 1. The van der Waals surface area contributed by atoms with E-state index in [-0.39, 0.29) is 0 Å². The van der Waals surface area contributed by atoms with E-state index in [0.717, 1.165) is 29.0 Å². The highest BCUT2D eigenvalue weighted by Gasteiger charge is 2.04. The van der Waals surface area contributed by atoms with Gasteiger partial charge in [-0.15, -0.1) is 13.2 Å². The minimum absolute atomic E-state index is 0.299. The van der Waals surface area contributed by atoms with E-state index < -0.39 is 0 Å². The highest BCUT2D eigenvalue weighted by Crippen LogP contribution is 2.23. The number of hydrogen-bond acceptors (Lipinski definition) is 1. The summed E-state index contributed by atoms with van der Waals surface area (Å²) in [5.74, 6) is 7.52. The Morgan fingerprint density at radius 1 is 0.938 bits per heavy atom. The molecule has 32 heavy (non-hydrogen) atoms. The van der Waals surface area contributed by atoms with E-state index in [0.29, 0.717) is 5.75 Å². The zero-order chi connectivity index (χ0) is 24.4. The lowest BCUT2D eigenvalue weighted by atomic mass is 10.0. The lowest BCUT2D eigenvalue weighted by Crippen LogP contribution is -1.87. The minimum Gasteiger partial charge on any atom is -0.508 e. The summed E-state index contributed by atoms with van der Waals surface area (Å²) in [5, 5.41) is 9.44. The normalized spacial score (nSPS) is 10.9. The first kappa shape index (κ1) is 29.3. The van der Waals surface area contributed by atoms with Crippen LogP contribution in [0.25, 0.3) is 0 Å². The van der Waals surface area contributed by atoms with E-state index in [4.69, 9.17) is 0 Å². The number of aryl methyl sites for hydroxylation is 2. The second kappa shape index (κ2) is 17.9. The summed E-state index contributed by atoms with van der Waals surface area (Å²) >= 11 is 0. The highest BCUT2D eigenvalue weighted by atomic mass is 16.3. The van der Waals surface area contributed by atoms with Crippen molar-refractivity contribution in [1.29, 1.82) is 0 Å². The molecule has 1 nitrogen and oxygen atoms in total. The fourth-order valence-electron chi connectivity index (χ4n) is 2.66. The molecule has 2 aromatic rings. The summed E-state index contributed by atoms with van der Waals surface area (Å²) in [7, 11) is 0. The molecule has 2 aromatic carbocycles. The van der Waals surface area contributed by atoms with Crippen molar-refractivity contribution in [2.75, 3.05) is 0 Å². The second-order valence-corrected chi connectivity index (χ2v) is 8.45. The van der Waals surface area contributed by atoms with Crippen LogP contribution in [0.15, 0.2) is 67.8 Å². The van der Waals surface area contributed by atoms with E-state index in [9.17, 15) is 5.11 Å². The molecule has 0 amide bonds. The smallest absolute Gasteiger partial charge is 0.115 e. The van der Waals surface area contributed by atoms with Crippen molar-refractivity contribution in [3.8, 4) is 17.6 Å². The molecule has 0 saturated heterocycles. The maximum atomic E-state index is 9.44. The van der Waals surface area contributed by atoms with Crippen molar-refractivity contribution in [2.24, 2.45) is 5.92 Å². The average molecular weight is 433 g/mol. The lowest BCUT2D eigenvalue weighted by Gasteiger charge is -2.01. The van der Waals surface area contributed by atoms with Gasteiger partial charge in [0.15, 0.2) is 0 Å². The van der Waals surface area contributed by atoms with Gasteiger partial charge in [-0.2, -0.15) is 0 Å². The van der Waals surface area contributed by atoms with Gasteiger partial charge in [0.25, 0.3) is 0 Å². The molecule has 0 heterocycles. The number of benzene rings is 2. The molecular formula is C31H44O. The van der Waals surface area contributed by atoms with Crippen LogP contribution in [0.1, 0.15) is 88.5 Å². The fraction of sp³-hybridized carbons (Fsp3) is 0.419. The standard InChI is InChI=1S/C17H16O.C8H18.C4H6.C2H4/c1-3-15-12-17(18)11-10-16(15)9-8-14-6-4-13(2)5-7-14;1-4-5-6-7-8(2)3;1-4-2-3-4;1-2/h4-7,10-12,18H,3H2,1-2H3;8H,4-7H2,1-3H3;1-3H2;1-2H2. The van der Waals surface area contributed by atoms with Crippen LogP contribution < -0.4 is 0 Å². The predicted octanol–water partition coefficient (Wildman–Crippen LogP) is 9.02. The van der Waals surface area contributed by atoms with Crippen molar-refractivity contribution in [1.82, 2.24) is 0 Å². The third-order valence-electron chi connectivity index (χ3n) is 4.85. The number of phenols is 1. The van der Waals surface area contributed by atoms with Gasteiger partial charge in [0.05, 0.1) is 0 Å². The molecule has 1 N–H and O–H groups in total. The highest BCUT2D eigenvalue weighted by molar-refractivity contribution is 5.49. The summed E-state index contributed by atoms with van der Waals surface area (Å²) in [6.45, 7) is 20.6. The van der Waals surface area contributed by atoms with Gasteiger partial charge in [0.2, 0.25) is 0 Å². The Kier molecular flexibility index (Phi) is 16.4. The third-order valence-corrected chi connectivity index (χ3v) is 4.85. The second-order valence-electron chi connectivity index (χ2n) is 8.45. The number of aromatic hydroxyl groups is 1. The molecule has 1 saturated carbocycles. The lowest BCUT2D eigenvalue weighted by molar-refractivity contribution is 0.474. The molecule has 3 rings (SSSR count). The zero-order valence-electron chi connectivity index (χ0n) is 21.1. The summed E-state index contributed by atoms with van der Waals surface area (Å²) < 4.78 is 0. The molecule has 0 aliphatic heterocycles. The van der Waals surface area contributed by atoms with Gasteiger partial charge in [-0.1, -0.05) is 95.1 Å². The quantitative estimate of drug-likeness (QED) is 0.284. The van der Waals surface area contributed by atoms with Crippen molar-refractivity contribution < 1.29 is 5.11 Å². The Balaban J connectivity index is 0.000000566. The molecular weight excluding hydrogens is 388 g/mol. The van der Waals surface area contributed by atoms with E-state index in [2.05, 4.69) is 78.3 Å². The Morgan fingerprint density at radius 3 is 2.00 bits per heavy atom. The Bertz CT molecular complexity index is 825. The van der Waals surface area contributed by atoms with E-state index in [1.165, 1.54) is 49.7 Å². The monoisotopic (exact) mass is 432 g/mol. The SMILES string of the molecule is C=C.C=C1CC1.CCCCCC(C)C.CCc1cc(O)ccc1C#Cc1ccc(C)cc1. The van der Waals surface area contributed by atoms with Crippen molar-refractivity contribution in [3.05, 3.63) is 90.0 Å². The van der Waals surface area contributed by atoms with E-state index >= 15 is 0 Å². The number of allylic oxidation sites excluding steroid dienone is 1. The fourth-order valence-corrected chi connectivity index (χ4v) is 2.66. The van der Waals surface area contributed by atoms with Gasteiger partial charge < -0.3 is 5.11 Å². The number of unbranched alkanes of at least 4 members (excludes halogenated alkanes) is 2. The van der Waals surface area contributed by atoms with Crippen molar-refractivity contribution >= 4 is 0 Å². The van der Waals surface area contributed by atoms with Gasteiger partial charge in [-0.05, 0) is 68.0 Å². The number of hydrogen-bond donors (Lipinski definition) is 1. The maximum absolute atomic E-state index is 9.44. The van der Waals surface area contributed by atoms with Gasteiger partial charge in [-0.25, -0.2) is 0 Å². The molecule has 174 valence electrons. The largest absolute Gasteiger partial charge is 0.508 e. The Labute approximate surface area is 198 Å². The van der Waals surface area contributed by atoms with Crippen LogP contribution in [-0.4, -0.2) is 5.11 Å². The van der Waals surface area contributed by atoms with Crippen molar-refractivity contribution in [3.63, 3.8) is 0 Å². The minimum atomic E-state index is 0.299. The summed E-state index contributed by atoms with van der Waals surface area (Å²) in [6.07, 6.45) is 9.05. The first-order valence-corrected chi connectivity index (χ1v) is 11.9. The average Bonchev–Trinajstić information content (AvgIpc) is 3.58. The molecule has 0 spiro atoms. The molecule has 1 fully saturated rings. The Hall–Kier alpha value is -2.72. The van der Waals surface area contributed by atoms with Crippen LogP contribution in [-0.2, 0) is 6.42 Å². The van der Waals surface area contributed by atoms with Gasteiger partial charge in [-0.3, -0.25) is 0 Å². The zero-order valence-corrected chi connectivity index (χ0v) is 21.1. The molecule has 1 aliphatic carbocycles. The van der Waals surface area contributed by atoms with Crippen LogP contribution in [0.4, 0.5) is 0 Å². The molecule has 0 bridgehead atoms. The topological polar surface area (TPSA) is 20.2 Å². The molecule has 1 heteroatoms. The third kappa shape index (κ3) is 15.1. The van der Waals surface area contributed by atoms with E-state index in [1.54, 1.807) is 12.1 Å². The van der Waals surface area contributed by atoms with Crippen LogP contribution in [0.5, 0.6) is 5.75 Å². The maximum Gasteiger partial charge on any atom is 0.115 e. The number of rotatable bonds is 5. The van der Waals surface area contributed by atoms with Gasteiger partial charge in [0.1, 0.15) is 5.75 Å².